The van der Waals surface area contributed by atoms with E-state index in [0.717, 1.165) is 12.4 Å². The van der Waals surface area contributed by atoms with Gasteiger partial charge in [0.05, 0.1) is 0 Å². The minimum Gasteiger partial charge on any atom is -0.372 e. The van der Waals surface area contributed by atoms with E-state index in [1.54, 1.807) is 18.5 Å². The van der Waals surface area contributed by atoms with Crippen molar-refractivity contribution in [2.75, 3.05) is 18.5 Å². The quantitative estimate of drug-likeness (QED) is 0.872. The van der Waals surface area contributed by atoms with E-state index in [1.165, 1.54) is 11.3 Å². The smallest absolute Gasteiger partial charge is 0.223 e. The molecule has 1 amide bonds. The highest BCUT2D eigenvalue weighted by atomic mass is 16.2. The van der Waals surface area contributed by atoms with Crippen molar-refractivity contribution < 1.29 is 4.79 Å². The second kappa shape index (κ2) is 6.77. The van der Waals surface area contributed by atoms with Crippen LogP contribution in [0.5, 0.6) is 0 Å². The van der Waals surface area contributed by atoms with Crippen molar-refractivity contribution >= 4 is 11.6 Å². The van der Waals surface area contributed by atoms with Crippen LogP contribution in [0.1, 0.15) is 24.7 Å². The fraction of sp³-hybridized carbons (Fsp3) is 0.389. The molecule has 0 radical (unpaired) electrons. The van der Waals surface area contributed by atoms with E-state index in [-0.39, 0.29) is 11.9 Å². The Bertz CT molecular complexity index is 674. The highest BCUT2D eigenvalue weighted by Gasteiger charge is 2.26. The van der Waals surface area contributed by atoms with Crippen LogP contribution in [0.25, 0.3) is 0 Å². The van der Waals surface area contributed by atoms with E-state index in [0.29, 0.717) is 19.4 Å². The van der Waals surface area contributed by atoms with E-state index in [2.05, 4.69) is 41.0 Å². The molecular formula is C18H22N4O. The third-order valence-electron chi connectivity index (χ3n) is 4.32. The molecule has 1 aliphatic rings. The van der Waals surface area contributed by atoms with Gasteiger partial charge in [0.2, 0.25) is 5.91 Å². The summed E-state index contributed by atoms with van der Waals surface area (Å²) in [7, 11) is 2.08. The van der Waals surface area contributed by atoms with Gasteiger partial charge in [-0.2, -0.15) is 0 Å². The summed E-state index contributed by atoms with van der Waals surface area (Å²) in [4.78, 5) is 25.3. The Labute approximate surface area is 137 Å². The largest absolute Gasteiger partial charge is 0.372 e. The van der Waals surface area contributed by atoms with Crippen LogP contribution in [0, 0.1) is 0 Å². The lowest BCUT2D eigenvalue weighted by molar-refractivity contribution is -0.133. The minimum atomic E-state index is 0.162. The summed E-state index contributed by atoms with van der Waals surface area (Å²) in [5.41, 5.74) is 2.41. The fourth-order valence-corrected chi connectivity index (χ4v) is 3.10. The van der Waals surface area contributed by atoms with Crippen LogP contribution in [0.2, 0.25) is 0 Å². The van der Waals surface area contributed by atoms with Gasteiger partial charge in [-0.1, -0.05) is 18.2 Å². The molecule has 0 aliphatic carbocycles. The molecule has 0 N–H and O–H groups in total. The number of hydrogen-bond acceptors (Lipinski definition) is 4. The number of aryl methyl sites for hydroxylation is 1. The van der Waals surface area contributed by atoms with Gasteiger partial charge in [0.15, 0.2) is 0 Å². The lowest BCUT2D eigenvalue weighted by Crippen LogP contribution is -2.42. The van der Waals surface area contributed by atoms with E-state index < -0.39 is 0 Å². The summed E-state index contributed by atoms with van der Waals surface area (Å²) in [6, 6.07) is 10.3. The van der Waals surface area contributed by atoms with Crippen molar-refractivity contribution in [3.8, 4) is 0 Å². The first-order valence-corrected chi connectivity index (χ1v) is 7.99. The molecule has 0 spiro atoms. The topological polar surface area (TPSA) is 49.3 Å². The van der Waals surface area contributed by atoms with Crippen molar-refractivity contribution in [2.45, 2.75) is 32.4 Å². The molecule has 23 heavy (non-hydrogen) atoms. The average molecular weight is 310 g/mol. The Balaban J connectivity index is 1.72. The number of rotatable bonds is 3. The number of hydrogen-bond donors (Lipinski definition) is 0. The number of para-hydroxylation sites is 1. The van der Waals surface area contributed by atoms with Crippen molar-refractivity contribution in [3.05, 3.63) is 54.1 Å². The van der Waals surface area contributed by atoms with Gasteiger partial charge in [-0.3, -0.25) is 4.79 Å². The number of likely N-dealkylation sites (N-methyl/N-ethyl adjacent to an activating group) is 1. The zero-order valence-corrected chi connectivity index (χ0v) is 13.6. The number of aromatic nitrogens is 2. The fourth-order valence-electron chi connectivity index (χ4n) is 3.10. The van der Waals surface area contributed by atoms with E-state index in [9.17, 15) is 4.79 Å². The zero-order valence-electron chi connectivity index (χ0n) is 13.6. The Morgan fingerprint density at radius 2 is 1.96 bits per heavy atom. The molecule has 3 rings (SSSR count). The second-order valence-electron chi connectivity index (χ2n) is 6.04. The molecule has 5 nitrogen and oxygen atoms in total. The number of anilines is 1. The maximum atomic E-state index is 12.7. The van der Waals surface area contributed by atoms with Gasteiger partial charge in [0, 0.05) is 57.1 Å². The predicted octanol–water partition coefficient (Wildman–Crippen LogP) is 2.28. The number of fused-ring (bicyclic) bond motifs is 1. The molecule has 1 aromatic carbocycles. The molecule has 1 aromatic heterocycles. The number of nitrogens with zero attached hydrogens (tertiary/aromatic N) is 4. The molecule has 5 heteroatoms. The van der Waals surface area contributed by atoms with Crippen LogP contribution in [0.3, 0.4) is 0 Å². The summed E-state index contributed by atoms with van der Waals surface area (Å²) in [5.74, 6) is 0.885. The first-order chi connectivity index (χ1) is 11.1. The number of amides is 1. The maximum absolute atomic E-state index is 12.7. The molecule has 2 heterocycles. The van der Waals surface area contributed by atoms with Crippen molar-refractivity contribution in [2.24, 2.45) is 0 Å². The van der Waals surface area contributed by atoms with E-state index >= 15 is 0 Å². The summed E-state index contributed by atoms with van der Waals surface area (Å²) in [6.07, 6.45) is 4.46. The SMILES string of the molecule is CC1CN(C)c2ccccc2CN1C(=O)CCc1ncccn1. The standard InChI is InChI=1S/C18H22N4O/c1-14-12-21(2)16-7-4-3-6-15(16)13-22(14)18(23)9-8-17-19-10-5-11-20-17/h3-7,10-11,14H,8-9,12-13H2,1-2H3. The second-order valence-corrected chi connectivity index (χ2v) is 6.04. The van der Waals surface area contributed by atoms with Crippen molar-refractivity contribution in [1.82, 2.24) is 14.9 Å². The summed E-state index contributed by atoms with van der Waals surface area (Å²) in [6.45, 7) is 3.61. The Kier molecular flexibility index (Phi) is 4.55. The number of carbonyl (C=O) groups excluding carboxylic acids is 1. The molecular weight excluding hydrogens is 288 g/mol. The average Bonchev–Trinajstić information content (AvgIpc) is 2.70. The molecule has 1 atom stereocenters. The van der Waals surface area contributed by atoms with Crippen LogP contribution in [0.4, 0.5) is 5.69 Å². The van der Waals surface area contributed by atoms with Crippen LogP contribution in [0.15, 0.2) is 42.7 Å². The molecule has 120 valence electrons. The third kappa shape index (κ3) is 3.50. The Hall–Kier alpha value is -2.43. The lowest BCUT2D eigenvalue weighted by Gasteiger charge is -2.28. The Morgan fingerprint density at radius 3 is 2.74 bits per heavy atom. The van der Waals surface area contributed by atoms with Crippen LogP contribution < -0.4 is 4.90 Å². The lowest BCUT2D eigenvalue weighted by atomic mass is 10.1. The molecule has 0 saturated heterocycles. The van der Waals surface area contributed by atoms with Gasteiger partial charge >= 0.3 is 0 Å². The van der Waals surface area contributed by atoms with Crippen LogP contribution in [-0.4, -0.2) is 40.4 Å². The van der Waals surface area contributed by atoms with Gasteiger partial charge < -0.3 is 9.80 Å². The molecule has 0 bridgehead atoms. The van der Waals surface area contributed by atoms with Crippen molar-refractivity contribution in [3.63, 3.8) is 0 Å². The predicted molar refractivity (Wildman–Crippen MR) is 90.1 cm³/mol. The number of carbonyl (C=O) groups is 1. The van der Waals surface area contributed by atoms with Gasteiger partial charge in [-0.25, -0.2) is 9.97 Å². The highest BCUT2D eigenvalue weighted by molar-refractivity contribution is 5.77. The Morgan fingerprint density at radius 1 is 1.22 bits per heavy atom. The van der Waals surface area contributed by atoms with E-state index in [1.807, 2.05) is 17.0 Å². The maximum Gasteiger partial charge on any atom is 0.223 e. The van der Waals surface area contributed by atoms with Gasteiger partial charge in [-0.15, -0.1) is 0 Å². The van der Waals surface area contributed by atoms with Gasteiger partial charge in [-0.05, 0) is 24.6 Å². The zero-order chi connectivity index (χ0) is 16.2. The molecule has 1 unspecified atom stereocenters. The highest BCUT2D eigenvalue weighted by Crippen LogP contribution is 2.26. The van der Waals surface area contributed by atoms with Crippen LogP contribution in [-0.2, 0) is 17.8 Å². The molecule has 0 fully saturated rings. The number of benzene rings is 1. The van der Waals surface area contributed by atoms with E-state index in [4.69, 9.17) is 0 Å². The minimum absolute atomic E-state index is 0.162. The summed E-state index contributed by atoms with van der Waals surface area (Å²) in [5, 5.41) is 0. The van der Waals surface area contributed by atoms with Crippen LogP contribution >= 0.6 is 0 Å². The summed E-state index contributed by atoms with van der Waals surface area (Å²) >= 11 is 0. The molecule has 2 aromatic rings. The first-order valence-electron chi connectivity index (χ1n) is 7.99. The third-order valence-corrected chi connectivity index (χ3v) is 4.32. The first kappa shape index (κ1) is 15.5. The normalized spacial score (nSPS) is 17.6. The van der Waals surface area contributed by atoms with Gasteiger partial charge in [0.1, 0.15) is 5.82 Å². The molecule has 0 saturated carbocycles. The summed E-state index contributed by atoms with van der Waals surface area (Å²) < 4.78 is 0. The monoisotopic (exact) mass is 310 g/mol. The molecule has 1 aliphatic heterocycles. The van der Waals surface area contributed by atoms with Crippen molar-refractivity contribution in [1.29, 1.82) is 0 Å². The van der Waals surface area contributed by atoms with Gasteiger partial charge in [0.25, 0.3) is 0 Å².